The summed E-state index contributed by atoms with van der Waals surface area (Å²) in [5.41, 5.74) is 5.43. The standard InChI is InChI=1S/C22H40N2O2/c1-24-14-20(19-12-11-16-7-5-6-10-18(16)13-19)22(26-15-21(23)25)17-8-3-2-4-9-17/h16-20,22,24H,2-15H2,1H3,(H2,23,25)/t16?,18?,19?,20-,22-/m1/s1. The van der Waals surface area contributed by atoms with E-state index in [1.54, 1.807) is 0 Å². The van der Waals surface area contributed by atoms with Crippen LogP contribution in [-0.2, 0) is 9.53 Å². The molecule has 4 nitrogen and oxygen atoms in total. The molecule has 3 N–H and O–H groups in total. The fraction of sp³-hybridized carbons (Fsp3) is 0.955. The van der Waals surface area contributed by atoms with Crippen molar-refractivity contribution in [1.82, 2.24) is 5.32 Å². The van der Waals surface area contributed by atoms with Crippen LogP contribution in [0, 0.1) is 29.6 Å². The summed E-state index contributed by atoms with van der Waals surface area (Å²) in [6, 6.07) is 0. The van der Waals surface area contributed by atoms with Gasteiger partial charge in [0, 0.05) is 12.5 Å². The Morgan fingerprint density at radius 3 is 2.35 bits per heavy atom. The van der Waals surface area contributed by atoms with Crippen molar-refractivity contribution in [3.8, 4) is 0 Å². The van der Waals surface area contributed by atoms with Crippen molar-refractivity contribution < 1.29 is 9.53 Å². The first-order valence-electron chi connectivity index (χ1n) is 11.2. The topological polar surface area (TPSA) is 64.3 Å². The maximum absolute atomic E-state index is 11.4. The van der Waals surface area contributed by atoms with E-state index < -0.39 is 0 Å². The van der Waals surface area contributed by atoms with Crippen LogP contribution in [0.2, 0.25) is 0 Å². The van der Waals surface area contributed by atoms with Gasteiger partial charge in [0.2, 0.25) is 5.91 Å². The third-order valence-corrected chi connectivity index (χ3v) is 7.58. The second kappa shape index (κ2) is 10.1. The van der Waals surface area contributed by atoms with Gasteiger partial charge in [0.05, 0.1) is 6.10 Å². The molecule has 1 amide bonds. The van der Waals surface area contributed by atoms with Crippen LogP contribution < -0.4 is 11.1 Å². The van der Waals surface area contributed by atoms with Crippen molar-refractivity contribution in [1.29, 1.82) is 0 Å². The molecule has 26 heavy (non-hydrogen) atoms. The van der Waals surface area contributed by atoms with Gasteiger partial charge < -0.3 is 15.8 Å². The molecular formula is C22H40N2O2. The summed E-state index contributed by atoms with van der Waals surface area (Å²) in [6.07, 6.45) is 16.5. The predicted octanol–water partition coefficient (Wildman–Crippen LogP) is 3.88. The predicted molar refractivity (Wildman–Crippen MR) is 106 cm³/mol. The van der Waals surface area contributed by atoms with Gasteiger partial charge in [-0.3, -0.25) is 4.79 Å². The number of rotatable bonds is 8. The van der Waals surface area contributed by atoms with Gasteiger partial charge in [0.25, 0.3) is 0 Å². The van der Waals surface area contributed by atoms with E-state index in [-0.39, 0.29) is 18.6 Å². The number of amides is 1. The highest BCUT2D eigenvalue weighted by atomic mass is 16.5. The molecule has 3 aliphatic carbocycles. The molecule has 3 aliphatic rings. The van der Waals surface area contributed by atoms with Crippen LogP contribution in [0.25, 0.3) is 0 Å². The van der Waals surface area contributed by atoms with E-state index in [0.29, 0.717) is 11.8 Å². The molecule has 150 valence electrons. The summed E-state index contributed by atoms with van der Waals surface area (Å²) in [5, 5.41) is 3.45. The third-order valence-electron chi connectivity index (χ3n) is 7.58. The number of carbonyl (C=O) groups is 1. The maximum atomic E-state index is 11.4. The highest BCUT2D eigenvalue weighted by Crippen LogP contribution is 2.46. The van der Waals surface area contributed by atoms with Crippen LogP contribution in [0.4, 0.5) is 0 Å². The molecule has 0 saturated heterocycles. The molecule has 3 unspecified atom stereocenters. The van der Waals surface area contributed by atoms with E-state index in [1.807, 2.05) is 0 Å². The molecule has 3 saturated carbocycles. The normalized spacial score (nSPS) is 32.6. The zero-order valence-electron chi connectivity index (χ0n) is 16.8. The van der Waals surface area contributed by atoms with Crippen LogP contribution >= 0.6 is 0 Å². The van der Waals surface area contributed by atoms with E-state index in [1.165, 1.54) is 77.0 Å². The minimum absolute atomic E-state index is 0.0835. The molecule has 0 radical (unpaired) electrons. The summed E-state index contributed by atoms with van der Waals surface area (Å²) in [7, 11) is 2.06. The number of nitrogens with one attached hydrogen (secondary N) is 1. The first-order chi connectivity index (χ1) is 12.7. The Hall–Kier alpha value is -0.610. The zero-order valence-corrected chi connectivity index (χ0v) is 16.8. The lowest BCUT2D eigenvalue weighted by Crippen LogP contribution is -2.45. The van der Waals surface area contributed by atoms with Crippen molar-refractivity contribution in [3.05, 3.63) is 0 Å². The molecule has 0 aromatic carbocycles. The molecule has 0 aromatic rings. The Kier molecular flexibility index (Phi) is 7.80. The fourth-order valence-electron chi connectivity index (χ4n) is 6.34. The summed E-state index contributed by atoms with van der Waals surface area (Å²) < 4.78 is 6.23. The van der Waals surface area contributed by atoms with Crippen LogP contribution in [0.15, 0.2) is 0 Å². The molecule has 0 bridgehead atoms. The van der Waals surface area contributed by atoms with Gasteiger partial charge in [-0.05, 0) is 62.8 Å². The van der Waals surface area contributed by atoms with Gasteiger partial charge in [-0.1, -0.05) is 44.9 Å². The second-order valence-corrected chi connectivity index (χ2v) is 9.24. The lowest BCUT2D eigenvalue weighted by molar-refractivity contribution is -0.130. The van der Waals surface area contributed by atoms with Crippen molar-refractivity contribution in [2.45, 2.75) is 83.2 Å². The van der Waals surface area contributed by atoms with Crippen LogP contribution in [0.3, 0.4) is 0 Å². The highest BCUT2D eigenvalue weighted by Gasteiger charge is 2.40. The Labute approximate surface area is 160 Å². The number of nitrogens with two attached hydrogens (primary N) is 1. The largest absolute Gasteiger partial charge is 0.368 e. The number of hydrogen-bond donors (Lipinski definition) is 2. The number of fused-ring (bicyclic) bond motifs is 1. The minimum Gasteiger partial charge on any atom is -0.368 e. The molecule has 3 fully saturated rings. The van der Waals surface area contributed by atoms with Crippen molar-refractivity contribution >= 4 is 5.91 Å². The van der Waals surface area contributed by atoms with Gasteiger partial charge in [0.15, 0.2) is 0 Å². The molecule has 5 atom stereocenters. The summed E-state index contributed by atoms with van der Waals surface area (Å²) in [6.45, 7) is 1.09. The molecule has 3 rings (SSSR count). The first kappa shape index (κ1) is 20.1. The summed E-state index contributed by atoms with van der Waals surface area (Å²) in [4.78, 5) is 11.4. The quantitative estimate of drug-likeness (QED) is 0.687. The Bertz CT molecular complexity index is 436. The van der Waals surface area contributed by atoms with Crippen molar-refractivity contribution in [3.63, 3.8) is 0 Å². The van der Waals surface area contributed by atoms with E-state index in [9.17, 15) is 4.79 Å². The van der Waals surface area contributed by atoms with E-state index in [2.05, 4.69) is 12.4 Å². The number of hydrogen-bond acceptors (Lipinski definition) is 3. The van der Waals surface area contributed by atoms with Crippen LogP contribution in [0.1, 0.15) is 77.0 Å². The molecular weight excluding hydrogens is 324 g/mol. The SMILES string of the molecule is CNC[C@H](C1CCC2CCCCC2C1)[C@H](OCC(N)=O)C1CCCCC1. The van der Waals surface area contributed by atoms with Gasteiger partial charge in [-0.2, -0.15) is 0 Å². The number of ether oxygens (including phenoxy) is 1. The third kappa shape index (κ3) is 5.22. The highest BCUT2D eigenvalue weighted by molar-refractivity contribution is 5.75. The molecule has 0 heterocycles. The average Bonchev–Trinajstić information content (AvgIpc) is 2.67. The zero-order chi connectivity index (χ0) is 18.4. The summed E-state index contributed by atoms with van der Waals surface area (Å²) >= 11 is 0. The van der Waals surface area contributed by atoms with Crippen LogP contribution in [0.5, 0.6) is 0 Å². The van der Waals surface area contributed by atoms with Crippen molar-refractivity contribution in [2.24, 2.45) is 35.3 Å². The lowest BCUT2D eigenvalue weighted by Gasteiger charge is -2.45. The van der Waals surface area contributed by atoms with Crippen LogP contribution in [-0.4, -0.2) is 32.2 Å². The van der Waals surface area contributed by atoms with Gasteiger partial charge in [-0.15, -0.1) is 0 Å². The van der Waals surface area contributed by atoms with E-state index in [4.69, 9.17) is 10.5 Å². The molecule has 0 aliphatic heterocycles. The van der Waals surface area contributed by atoms with E-state index in [0.717, 1.165) is 24.3 Å². The van der Waals surface area contributed by atoms with Gasteiger partial charge in [0.1, 0.15) is 6.61 Å². The first-order valence-corrected chi connectivity index (χ1v) is 11.2. The van der Waals surface area contributed by atoms with Gasteiger partial charge in [-0.25, -0.2) is 0 Å². The smallest absolute Gasteiger partial charge is 0.243 e. The van der Waals surface area contributed by atoms with Gasteiger partial charge >= 0.3 is 0 Å². The Morgan fingerprint density at radius 2 is 1.65 bits per heavy atom. The summed E-state index contributed by atoms with van der Waals surface area (Å²) in [5.74, 6) is 3.45. The monoisotopic (exact) mass is 364 g/mol. The van der Waals surface area contributed by atoms with Crippen molar-refractivity contribution in [2.75, 3.05) is 20.2 Å². The maximum Gasteiger partial charge on any atom is 0.243 e. The lowest BCUT2D eigenvalue weighted by atomic mass is 9.63. The second-order valence-electron chi connectivity index (χ2n) is 9.24. The Balaban J connectivity index is 1.71. The molecule has 0 aromatic heterocycles. The number of carbonyl (C=O) groups excluding carboxylic acids is 1. The average molecular weight is 365 g/mol. The number of primary amides is 1. The Morgan fingerprint density at radius 1 is 0.962 bits per heavy atom. The fourth-order valence-corrected chi connectivity index (χ4v) is 6.34. The molecule has 0 spiro atoms. The molecule has 4 heteroatoms. The minimum atomic E-state index is -0.329. The van der Waals surface area contributed by atoms with E-state index >= 15 is 0 Å².